The molecule has 2 atom stereocenters. The Morgan fingerprint density at radius 3 is 3.40 bits per heavy atom. The fourth-order valence-corrected chi connectivity index (χ4v) is 2.27. The van der Waals surface area contributed by atoms with E-state index in [9.17, 15) is 0 Å². The smallest absolute Gasteiger partial charge is 0.109 e. The first-order chi connectivity index (χ1) is 7.36. The van der Waals surface area contributed by atoms with Gasteiger partial charge in [-0.05, 0) is 6.92 Å². The lowest BCUT2D eigenvalue weighted by Gasteiger charge is -2.25. The number of hydrogen-bond donors (Lipinski definition) is 2. The first kappa shape index (κ1) is 11.0. The second-order valence-corrected chi connectivity index (χ2v) is 4.62. The van der Waals surface area contributed by atoms with Crippen molar-refractivity contribution < 1.29 is 4.74 Å². The zero-order chi connectivity index (χ0) is 10.5. The van der Waals surface area contributed by atoms with E-state index in [1.807, 2.05) is 11.6 Å². The van der Waals surface area contributed by atoms with E-state index in [0.29, 0.717) is 12.1 Å². The Bertz CT molecular complexity index is 272. The van der Waals surface area contributed by atoms with Crippen LogP contribution in [0.15, 0.2) is 11.6 Å². The predicted octanol–water partition coefficient (Wildman–Crippen LogP) is 0.782. The minimum absolute atomic E-state index is 0.293. The highest BCUT2D eigenvalue weighted by atomic mass is 32.1. The van der Waals surface area contributed by atoms with Crippen LogP contribution in [0.4, 0.5) is 0 Å². The van der Waals surface area contributed by atoms with Crippen LogP contribution in [0, 0.1) is 0 Å². The molecule has 15 heavy (non-hydrogen) atoms. The topological polar surface area (TPSA) is 46.2 Å². The molecular weight excluding hydrogens is 210 g/mol. The molecule has 5 heteroatoms. The lowest BCUT2D eigenvalue weighted by atomic mass is 10.2. The molecule has 1 saturated heterocycles. The molecule has 0 radical (unpaired) electrons. The van der Waals surface area contributed by atoms with Gasteiger partial charge in [0.2, 0.25) is 0 Å². The molecule has 1 aromatic rings. The molecule has 0 saturated carbocycles. The van der Waals surface area contributed by atoms with Gasteiger partial charge in [0, 0.05) is 31.2 Å². The maximum atomic E-state index is 5.60. The minimum Gasteiger partial charge on any atom is -0.374 e. The average molecular weight is 227 g/mol. The second-order valence-electron chi connectivity index (χ2n) is 3.70. The van der Waals surface area contributed by atoms with Crippen LogP contribution in [-0.4, -0.2) is 37.3 Å². The van der Waals surface area contributed by atoms with Gasteiger partial charge in [-0.1, -0.05) is 0 Å². The standard InChI is InChI=1S/C10H17N3OS/c1-8(10-12-3-5-15-10)13-7-9-6-11-2-4-14-9/h3,5,8-9,11,13H,2,4,6-7H2,1H3. The van der Waals surface area contributed by atoms with Crippen molar-refractivity contribution in [2.45, 2.75) is 19.1 Å². The molecule has 4 nitrogen and oxygen atoms in total. The van der Waals surface area contributed by atoms with E-state index >= 15 is 0 Å². The van der Waals surface area contributed by atoms with Crippen LogP contribution in [0.3, 0.4) is 0 Å². The molecule has 0 amide bonds. The van der Waals surface area contributed by atoms with Gasteiger partial charge in [-0.25, -0.2) is 4.98 Å². The Morgan fingerprint density at radius 2 is 2.73 bits per heavy atom. The van der Waals surface area contributed by atoms with Gasteiger partial charge in [-0.15, -0.1) is 11.3 Å². The molecule has 84 valence electrons. The van der Waals surface area contributed by atoms with E-state index in [1.165, 1.54) is 0 Å². The SMILES string of the molecule is CC(NCC1CNCCO1)c1nccs1. The van der Waals surface area contributed by atoms with Crippen LogP contribution in [0.25, 0.3) is 0 Å². The number of thiazole rings is 1. The molecule has 2 rings (SSSR count). The third-order valence-corrected chi connectivity index (χ3v) is 3.44. The van der Waals surface area contributed by atoms with Gasteiger partial charge in [0.15, 0.2) is 0 Å². The Labute approximate surface area is 94.1 Å². The third kappa shape index (κ3) is 3.24. The normalized spacial score (nSPS) is 23.9. The highest BCUT2D eigenvalue weighted by Gasteiger charge is 2.15. The zero-order valence-electron chi connectivity index (χ0n) is 8.90. The first-order valence-electron chi connectivity index (χ1n) is 5.31. The van der Waals surface area contributed by atoms with Crippen molar-refractivity contribution in [3.63, 3.8) is 0 Å². The molecule has 0 bridgehead atoms. The highest BCUT2D eigenvalue weighted by molar-refractivity contribution is 7.09. The summed E-state index contributed by atoms with van der Waals surface area (Å²) in [5, 5.41) is 9.90. The van der Waals surface area contributed by atoms with Crippen molar-refractivity contribution in [2.24, 2.45) is 0 Å². The maximum absolute atomic E-state index is 5.60. The maximum Gasteiger partial charge on any atom is 0.109 e. The van der Waals surface area contributed by atoms with E-state index in [4.69, 9.17) is 4.74 Å². The van der Waals surface area contributed by atoms with Gasteiger partial charge in [-0.2, -0.15) is 0 Å². The molecule has 2 unspecified atom stereocenters. The number of hydrogen-bond acceptors (Lipinski definition) is 5. The molecule has 2 N–H and O–H groups in total. The quantitative estimate of drug-likeness (QED) is 0.798. The van der Waals surface area contributed by atoms with Crippen LogP contribution in [0.2, 0.25) is 0 Å². The summed E-state index contributed by atoms with van der Waals surface area (Å²) >= 11 is 1.69. The summed E-state index contributed by atoms with van der Waals surface area (Å²) in [7, 11) is 0. The number of rotatable bonds is 4. The van der Waals surface area contributed by atoms with Crippen molar-refractivity contribution in [2.75, 3.05) is 26.2 Å². The molecule has 1 aromatic heterocycles. The predicted molar refractivity (Wildman–Crippen MR) is 61.1 cm³/mol. The monoisotopic (exact) mass is 227 g/mol. The Morgan fingerprint density at radius 1 is 1.80 bits per heavy atom. The number of nitrogens with one attached hydrogen (secondary N) is 2. The van der Waals surface area contributed by atoms with Crippen molar-refractivity contribution in [3.8, 4) is 0 Å². The molecule has 2 heterocycles. The van der Waals surface area contributed by atoms with E-state index in [0.717, 1.165) is 31.2 Å². The lowest BCUT2D eigenvalue weighted by Crippen LogP contribution is -2.44. The summed E-state index contributed by atoms with van der Waals surface area (Å²) in [5.74, 6) is 0. The molecule has 1 aliphatic heterocycles. The van der Waals surface area contributed by atoms with E-state index in [-0.39, 0.29) is 0 Å². The van der Waals surface area contributed by atoms with E-state index in [2.05, 4.69) is 22.5 Å². The molecule has 0 spiro atoms. The summed E-state index contributed by atoms with van der Waals surface area (Å²) in [6, 6.07) is 0.315. The first-order valence-corrected chi connectivity index (χ1v) is 6.19. The Balaban J connectivity index is 1.73. The summed E-state index contributed by atoms with van der Waals surface area (Å²) in [6.07, 6.45) is 2.14. The second kappa shape index (κ2) is 5.55. The van der Waals surface area contributed by atoms with Gasteiger partial charge in [0.1, 0.15) is 5.01 Å². The van der Waals surface area contributed by atoms with E-state index < -0.39 is 0 Å². The number of ether oxygens (including phenoxy) is 1. The largest absolute Gasteiger partial charge is 0.374 e. The van der Waals surface area contributed by atoms with E-state index in [1.54, 1.807) is 11.3 Å². The molecule has 0 aliphatic carbocycles. The summed E-state index contributed by atoms with van der Waals surface area (Å²) in [5.41, 5.74) is 0. The van der Waals surface area contributed by atoms with Crippen molar-refractivity contribution >= 4 is 11.3 Å². The number of aromatic nitrogens is 1. The van der Waals surface area contributed by atoms with Crippen LogP contribution in [-0.2, 0) is 4.74 Å². The Kier molecular flexibility index (Phi) is 4.08. The Hall–Kier alpha value is -0.490. The average Bonchev–Trinajstić information content (AvgIpc) is 2.81. The summed E-state index contributed by atoms with van der Waals surface area (Å²) in [4.78, 5) is 4.28. The molecular formula is C10H17N3OS. The fourth-order valence-electron chi connectivity index (χ4n) is 1.59. The van der Waals surface area contributed by atoms with Gasteiger partial charge < -0.3 is 15.4 Å². The molecule has 1 fully saturated rings. The number of morpholine rings is 1. The van der Waals surface area contributed by atoms with Gasteiger partial charge in [-0.3, -0.25) is 0 Å². The fraction of sp³-hybridized carbons (Fsp3) is 0.700. The van der Waals surface area contributed by atoms with Gasteiger partial charge in [0.05, 0.1) is 18.8 Å². The lowest BCUT2D eigenvalue weighted by molar-refractivity contribution is 0.0278. The zero-order valence-corrected chi connectivity index (χ0v) is 9.72. The van der Waals surface area contributed by atoms with Crippen molar-refractivity contribution in [1.29, 1.82) is 0 Å². The summed E-state index contributed by atoms with van der Waals surface area (Å²) in [6.45, 7) is 5.75. The van der Waals surface area contributed by atoms with Gasteiger partial charge >= 0.3 is 0 Å². The van der Waals surface area contributed by atoms with Crippen molar-refractivity contribution in [3.05, 3.63) is 16.6 Å². The molecule has 1 aliphatic rings. The van der Waals surface area contributed by atoms with Crippen molar-refractivity contribution in [1.82, 2.24) is 15.6 Å². The minimum atomic E-state index is 0.293. The highest BCUT2D eigenvalue weighted by Crippen LogP contribution is 2.14. The summed E-state index contributed by atoms with van der Waals surface area (Å²) < 4.78 is 5.60. The van der Waals surface area contributed by atoms with Crippen LogP contribution in [0.1, 0.15) is 18.0 Å². The van der Waals surface area contributed by atoms with Crippen LogP contribution >= 0.6 is 11.3 Å². The van der Waals surface area contributed by atoms with Crippen LogP contribution < -0.4 is 10.6 Å². The molecule has 0 aromatic carbocycles. The third-order valence-electron chi connectivity index (χ3n) is 2.48. The van der Waals surface area contributed by atoms with Gasteiger partial charge in [0.25, 0.3) is 0 Å². The number of nitrogens with zero attached hydrogens (tertiary/aromatic N) is 1. The van der Waals surface area contributed by atoms with Crippen LogP contribution in [0.5, 0.6) is 0 Å².